The van der Waals surface area contributed by atoms with Gasteiger partial charge in [-0.15, -0.1) is 0 Å². The fourth-order valence-corrected chi connectivity index (χ4v) is 2.14. The molecule has 0 aliphatic carbocycles. The molecule has 0 fully saturated rings. The lowest BCUT2D eigenvalue weighted by molar-refractivity contribution is 1.24. The van der Waals surface area contributed by atoms with Gasteiger partial charge in [-0.2, -0.15) is 5.26 Å². The van der Waals surface area contributed by atoms with E-state index in [4.69, 9.17) is 5.26 Å². The van der Waals surface area contributed by atoms with E-state index in [0.717, 1.165) is 27.1 Å². The summed E-state index contributed by atoms with van der Waals surface area (Å²) in [7, 11) is 0. The first-order valence-electron chi connectivity index (χ1n) is 5.50. The molecule has 1 aromatic heterocycles. The van der Waals surface area contributed by atoms with E-state index in [-0.39, 0.29) is 0 Å². The van der Waals surface area contributed by atoms with Gasteiger partial charge >= 0.3 is 0 Å². The summed E-state index contributed by atoms with van der Waals surface area (Å²) in [6.07, 6.45) is 1.80. The van der Waals surface area contributed by atoms with Crippen LogP contribution in [0.3, 0.4) is 0 Å². The minimum absolute atomic E-state index is 0.631. The van der Waals surface area contributed by atoms with Gasteiger partial charge in [-0.3, -0.25) is 0 Å². The molecule has 1 aromatic carbocycles. The molecule has 2 rings (SSSR count). The van der Waals surface area contributed by atoms with Gasteiger partial charge < -0.3 is 5.32 Å². The van der Waals surface area contributed by atoms with E-state index < -0.39 is 0 Å². The fourth-order valence-electron chi connectivity index (χ4n) is 1.58. The van der Waals surface area contributed by atoms with Crippen LogP contribution >= 0.6 is 15.9 Å². The van der Waals surface area contributed by atoms with Crippen molar-refractivity contribution < 1.29 is 0 Å². The van der Waals surface area contributed by atoms with Crippen LogP contribution in [-0.4, -0.2) is 4.98 Å². The number of nitriles is 1. The molecule has 0 bridgehead atoms. The van der Waals surface area contributed by atoms with Crippen LogP contribution in [0.4, 0.5) is 11.5 Å². The quantitative estimate of drug-likeness (QED) is 0.909. The molecule has 0 saturated heterocycles. The zero-order valence-corrected chi connectivity index (χ0v) is 11.7. The molecule has 3 nitrogen and oxygen atoms in total. The first kappa shape index (κ1) is 12.6. The Bertz CT molecular complexity index is 629. The number of pyridine rings is 1. The summed E-state index contributed by atoms with van der Waals surface area (Å²) in [5, 5.41) is 12.1. The van der Waals surface area contributed by atoms with Crippen LogP contribution in [0.2, 0.25) is 0 Å². The van der Waals surface area contributed by atoms with Crippen molar-refractivity contribution in [3.8, 4) is 6.07 Å². The smallest absolute Gasteiger partial charge is 0.144 e. The van der Waals surface area contributed by atoms with E-state index in [1.807, 2.05) is 32.0 Å². The van der Waals surface area contributed by atoms with Crippen LogP contribution in [-0.2, 0) is 0 Å². The van der Waals surface area contributed by atoms with Crippen molar-refractivity contribution in [3.05, 3.63) is 51.6 Å². The van der Waals surface area contributed by atoms with E-state index >= 15 is 0 Å². The Kier molecular flexibility index (Phi) is 3.63. The molecule has 0 radical (unpaired) electrons. The van der Waals surface area contributed by atoms with Gasteiger partial charge in [-0.25, -0.2) is 4.98 Å². The van der Waals surface area contributed by atoms with Crippen molar-refractivity contribution in [1.82, 2.24) is 4.98 Å². The maximum atomic E-state index is 8.91. The number of nitrogens with one attached hydrogen (secondary N) is 1. The highest BCUT2D eigenvalue weighted by molar-refractivity contribution is 9.10. The first-order chi connectivity index (χ1) is 8.60. The summed E-state index contributed by atoms with van der Waals surface area (Å²) >= 11 is 3.47. The van der Waals surface area contributed by atoms with Gasteiger partial charge in [0.15, 0.2) is 0 Å². The summed E-state index contributed by atoms with van der Waals surface area (Å²) < 4.78 is 0.907. The molecule has 1 heterocycles. The van der Waals surface area contributed by atoms with Gasteiger partial charge in [-0.1, -0.05) is 6.07 Å². The predicted octanol–water partition coefficient (Wildman–Crippen LogP) is 4.08. The number of benzene rings is 1. The van der Waals surface area contributed by atoms with Crippen LogP contribution < -0.4 is 5.32 Å². The van der Waals surface area contributed by atoms with Crippen molar-refractivity contribution in [1.29, 1.82) is 5.26 Å². The molecule has 0 atom stereocenters. The second-order valence-corrected chi connectivity index (χ2v) is 4.96. The second kappa shape index (κ2) is 5.19. The van der Waals surface area contributed by atoms with E-state index in [2.05, 4.69) is 32.3 Å². The topological polar surface area (TPSA) is 48.7 Å². The van der Waals surface area contributed by atoms with E-state index in [0.29, 0.717) is 5.56 Å². The summed E-state index contributed by atoms with van der Waals surface area (Å²) in [4.78, 5) is 4.33. The van der Waals surface area contributed by atoms with Crippen molar-refractivity contribution >= 4 is 27.4 Å². The van der Waals surface area contributed by atoms with Crippen LogP contribution in [0, 0.1) is 25.2 Å². The molecule has 0 amide bonds. The van der Waals surface area contributed by atoms with Crippen molar-refractivity contribution in [3.63, 3.8) is 0 Å². The fraction of sp³-hybridized carbons (Fsp3) is 0.143. The van der Waals surface area contributed by atoms with Gasteiger partial charge in [-0.05, 0) is 59.1 Å². The maximum Gasteiger partial charge on any atom is 0.144 e. The van der Waals surface area contributed by atoms with E-state index in [1.54, 1.807) is 12.3 Å². The predicted molar refractivity (Wildman–Crippen MR) is 75.9 cm³/mol. The van der Waals surface area contributed by atoms with Gasteiger partial charge in [0.2, 0.25) is 0 Å². The normalized spacial score (nSPS) is 9.89. The number of halogens is 1. The highest BCUT2D eigenvalue weighted by Crippen LogP contribution is 2.26. The van der Waals surface area contributed by atoms with Gasteiger partial charge in [0.1, 0.15) is 5.82 Å². The van der Waals surface area contributed by atoms with Crippen molar-refractivity contribution in [2.45, 2.75) is 13.8 Å². The Morgan fingerprint density at radius 3 is 2.72 bits per heavy atom. The number of hydrogen-bond donors (Lipinski definition) is 1. The number of nitrogens with zero attached hydrogens (tertiary/aromatic N) is 2. The van der Waals surface area contributed by atoms with Crippen LogP contribution in [0.15, 0.2) is 34.9 Å². The molecule has 2 aromatic rings. The van der Waals surface area contributed by atoms with Gasteiger partial charge in [0, 0.05) is 11.9 Å². The summed E-state index contributed by atoms with van der Waals surface area (Å²) in [5.41, 5.74) is 3.69. The molecule has 0 spiro atoms. The summed E-state index contributed by atoms with van der Waals surface area (Å²) in [6, 6.07) is 9.68. The Labute approximate surface area is 115 Å². The van der Waals surface area contributed by atoms with Crippen LogP contribution in [0.5, 0.6) is 0 Å². The van der Waals surface area contributed by atoms with Crippen LogP contribution in [0.25, 0.3) is 0 Å². The largest absolute Gasteiger partial charge is 0.339 e. The Balaban J connectivity index is 2.37. The van der Waals surface area contributed by atoms with Crippen LogP contribution in [0.1, 0.15) is 16.7 Å². The Hall–Kier alpha value is -1.86. The number of aromatic nitrogens is 1. The molecule has 4 heteroatoms. The average Bonchev–Trinajstić information content (AvgIpc) is 2.35. The van der Waals surface area contributed by atoms with Gasteiger partial charge in [0.25, 0.3) is 0 Å². The molecular weight excluding hydrogens is 290 g/mol. The minimum Gasteiger partial charge on any atom is -0.339 e. The SMILES string of the molecule is Cc1cnc(Nc2cc(C#N)ccc2C)c(Br)c1. The summed E-state index contributed by atoms with van der Waals surface area (Å²) in [6.45, 7) is 3.98. The lowest BCUT2D eigenvalue weighted by atomic mass is 10.1. The number of aryl methyl sites for hydroxylation is 2. The number of hydrogen-bond acceptors (Lipinski definition) is 3. The van der Waals surface area contributed by atoms with Crippen molar-refractivity contribution in [2.24, 2.45) is 0 Å². The number of rotatable bonds is 2. The summed E-state index contributed by atoms with van der Waals surface area (Å²) in [5.74, 6) is 0.749. The second-order valence-electron chi connectivity index (χ2n) is 4.11. The monoisotopic (exact) mass is 301 g/mol. The minimum atomic E-state index is 0.631. The van der Waals surface area contributed by atoms with Gasteiger partial charge in [0.05, 0.1) is 16.1 Å². The lowest BCUT2D eigenvalue weighted by Crippen LogP contribution is -1.97. The molecule has 0 saturated carbocycles. The molecule has 0 aliphatic rings. The van der Waals surface area contributed by atoms with E-state index in [9.17, 15) is 0 Å². The lowest BCUT2D eigenvalue weighted by Gasteiger charge is -2.11. The maximum absolute atomic E-state index is 8.91. The first-order valence-corrected chi connectivity index (χ1v) is 6.29. The highest BCUT2D eigenvalue weighted by atomic mass is 79.9. The zero-order chi connectivity index (χ0) is 13.1. The molecular formula is C14H12BrN3. The third kappa shape index (κ3) is 2.69. The zero-order valence-electron chi connectivity index (χ0n) is 10.2. The highest BCUT2D eigenvalue weighted by Gasteiger charge is 2.05. The van der Waals surface area contributed by atoms with E-state index in [1.165, 1.54) is 0 Å². The third-order valence-corrected chi connectivity index (χ3v) is 3.20. The molecule has 18 heavy (non-hydrogen) atoms. The molecule has 90 valence electrons. The van der Waals surface area contributed by atoms with Crippen molar-refractivity contribution in [2.75, 3.05) is 5.32 Å². The Morgan fingerprint density at radius 2 is 2.06 bits per heavy atom. The molecule has 0 unspecified atom stereocenters. The average molecular weight is 302 g/mol. The standard InChI is InChI=1S/C14H12BrN3/c1-9-5-12(15)14(17-8-9)18-13-6-11(7-16)4-3-10(13)2/h3-6,8H,1-2H3,(H,17,18). The molecule has 1 N–H and O–H groups in total. The Morgan fingerprint density at radius 1 is 1.28 bits per heavy atom. The third-order valence-electron chi connectivity index (χ3n) is 2.60. The number of anilines is 2. The molecule has 0 aliphatic heterocycles.